The van der Waals surface area contributed by atoms with Crippen LogP contribution in [-0.4, -0.2) is 15.7 Å². The number of imide groups is 1. The van der Waals surface area contributed by atoms with Crippen molar-refractivity contribution in [3.05, 3.63) is 40.9 Å². The largest absolute Gasteiger partial charge is 0.344 e. The maximum atomic E-state index is 11.5. The predicted octanol–water partition coefficient (Wildman–Crippen LogP) is 2.50. The summed E-state index contributed by atoms with van der Waals surface area (Å²) in [6.07, 6.45) is 1.74. The number of rotatable bonds is 1. The minimum Gasteiger partial charge on any atom is -0.344 e. The van der Waals surface area contributed by atoms with E-state index in [4.69, 9.17) is 0 Å². The Morgan fingerprint density at radius 3 is 2.72 bits per heavy atom. The minimum absolute atomic E-state index is 0.315. The molecule has 0 unspecified atom stereocenters. The lowest BCUT2D eigenvalue weighted by Crippen LogP contribution is -2.17. The van der Waals surface area contributed by atoms with Crippen LogP contribution >= 0.6 is 11.8 Å². The van der Waals surface area contributed by atoms with Gasteiger partial charge in [-0.1, -0.05) is 18.2 Å². The fraction of sp³-hybridized carbons (Fsp3) is 0.0769. The molecule has 2 aromatic rings. The molecule has 90 valence electrons. The van der Waals surface area contributed by atoms with Gasteiger partial charge in [0.2, 0.25) is 0 Å². The van der Waals surface area contributed by atoms with E-state index in [0.29, 0.717) is 4.91 Å². The van der Waals surface area contributed by atoms with E-state index in [0.717, 1.165) is 28.4 Å². The molecule has 0 bridgehead atoms. The number of amides is 2. The lowest BCUT2D eigenvalue weighted by Gasteiger charge is -1.99. The monoisotopic (exact) mass is 258 g/mol. The summed E-state index contributed by atoms with van der Waals surface area (Å²) < 4.78 is 2.00. The van der Waals surface area contributed by atoms with Gasteiger partial charge in [0.15, 0.2) is 0 Å². The fourth-order valence-electron chi connectivity index (χ4n) is 2.00. The van der Waals surface area contributed by atoms with Crippen LogP contribution in [0.2, 0.25) is 0 Å². The predicted molar refractivity (Wildman–Crippen MR) is 72.0 cm³/mol. The van der Waals surface area contributed by atoms with E-state index in [1.54, 1.807) is 6.08 Å². The van der Waals surface area contributed by atoms with Crippen LogP contribution in [0.15, 0.2) is 35.2 Å². The molecule has 1 aliphatic rings. The molecular formula is C13H10N2O2S. The lowest BCUT2D eigenvalue weighted by atomic mass is 10.2. The van der Waals surface area contributed by atoms with E-state index in [1.165, 1.54) is 0 Å². The summed E-state index contributed by atoms with van der Waals surface area (Å²) >= 11 is 0.935. The number of hydrogen-bond donors (Lipinski definition) is 1. The molecule has 1 N–H and O–H groups in total. The van der Waals surface area contributed by atoms with Gasteiger partial charge in [0.1, 0.15) is 0 Å². The molecule has 3 rings (SSSR count). The fourth-order valence-corrected chi connectivity index (χ4v) is 2.67. The number of thioether (sulfide) groups is 1. The number of para-hydroxylation sites is 1. The molecule has 0 radical (unpaired) electrons. The highest BCUT2D eigenvalue weighted by Crippen LogP contribution is 2.27. The van der Waals surface area contributed by atoms with Gasteiger partial charge >= 0.3 is 0 Å². The molecule has 1 fully saturated rings. The SMILES string of the molecule is Cn1c(/C=C2\SC(=O)NC2=O)cc2ccccc21. The van der Waals surface area contributed by atoms with Gasteiger partial charge in [-0.2, -0.15) is 0 Å². The normalized spacial score (nSPS) is 17.7. The molecular weight excluding hydrogens is 248 g/mol. The molecule has 2 amide bonds. The van der Waals surface area contributed by atoms with Crippen molar-refractivity contribution in [1.82, 2.24) is 9.88 Å². The first-order chi connectivity index (χ1) is 8.65. The summed E-state index contributed by atoms with van der Waals surface area (Å²) in [5.74, 6) is -0.324. The highest BCUT2D eigenvalue weighted by molar-refractivity contribution is 8.18. The molecule has 4 nitrogen and oxygen atoms in total. The smallest absolute Gasteiger partial charge is 0.290 e. The lowest BCUT2D eigenvalue weighted by molar-refractivity contribution is -0.115. The van der Waals surface area contributed by atoms with E-state index >= 15 is 0 Å². The highest BCUT2D eigenvalue weighted by Gasteiger charge is 2.25. The number of aromatic nitrogens is 1. The van der Waals surface area contributed by atoms with E-state index in [9.17, 15) is 9.59 Å². The minimum atomic E-state index is -0.324. The zero-order valence-electron chi connectivity index (χ0n) is 9.64. The van der Waals surface area contributed by atoms with E-state index in [2.05, 4.69) is 5.32 Å². The Labute approximate surface area is 108 Å². The van der Waals surface area contributed by atoms with E-state index < -0.39 is 0 Å². The summed E-state index contributed by atoms with van der Waals surface area (Å²) in [6, 6.07) is 9.98. The van der Waals surface area contributed by atoms with Gasteiger partial charge in [-0.05, 0) is 30.0 Å². The highest BCUT2D eigenvalue weighted by atomic mass is 32.2. The molecule has 1 saturated heterocycles. The van der Waals surface area contributed by atoms with Crippen molar-refractivity contribution in [3.8, 4) is 0 Å². The van der Waals surface area contributed by atoms with Crippen LogP contribution in [0.5, 0.6) is 0 Å². The molecule has 2 heterocycles. The number of aryl methyl sites for hydroxylation is 1. The average Bonchev–Trinajstić information content (AvgIpc) is 2.82. The van der Waals surface area contributed by atoms with Gasteiger partial charge in [-0.25, -0.2) is 0 Å². The molecule has 1 aliphatic heterocycles. The molecule has 5 heteroatoms. The molecule has 0 spiro atoms. The Bertz CT molecular complexity index is 700. The van der Waals surface area contributed by atoms with Crippen molar-refractivity contribution >= 4 is 39.9 Å². The topological polar surface area (TPSA) is 51.1 Å². The van der Waals surface area contributed by atoms with E-state index in [1.807, 2.05) is 41.9 Å². The van der Waals surface area contributed by atoms with E-state index in [-0.39, 0.29) is 11.1 Å². The Balaban J connectivity index is 2.10. The Morgan fingerprint density at radius 2 is 2.06 bits per heavy atom. The third kappa shape index (κ3) is 1.73. The van der Waals surface area contributed by atoms with Crippen molar-refractivity contribution in [2.45, 2.75) is 0 Å². The molecule has 0 aliphatic carbocycles. The summed E-state index contributed by atoms with van der Waals surface area (Å²) in [4.78, 5) is 23.0. The Morgan fingerprint density at radius 1 is 1.28 bits per heavy atom. The summed E-state index contributed by atoms with van der Waals surface area (Å²) in [7, 11) is 1.94. The first-order valence-corrected chi connectivity index (χ1v) is 6.26. The quantitative estimate of drug-likeness (QED) is 0.799. The summed E-state index contributed by atoms with van der Waals surface area (Å²) in [5, 5.41) is 3.05. The van der Waals surface area contributed by atoms with Crippen LogP contribution < -0.4 is 5.32 Å². The number of carbonyl (C=O) groups is 2. The maximum Gasteiger partial charge on any atom is 0.290 e. The van der Waals surface area contributed by atoms with Crippen molar-refractivity contribution < 1.29 is 9.59 Å². The first-order valence-electron chi connectivity index (χ1n) is 5.44. The van der Waals surface area contributed by atoms with Gasteiger partial charge in [-0.3, -0.25) is 14.9 Å². The van der Waals surface area contributed by atoms with Crippen molar-refractivity contribution in [2.24, 2.45) is 7.05 Å². The van der Waals surface area contributed by atoms with Crippen molar-refractivity contribution in [1.29, 1.82) is 0 Å². The van der Waals surface area contributed by atoms with Gasteiger partial charge in [0.05, 0.1) is 4.91 Å². The first kappa shape index (κ1) is 11.1. The number of fused-ring (bicyclic) bond motifs is 1. The number of carbonyl (C=O) groups excluding carboxylic acids is 2. The number of nitrogens with one attached hydrogen (secondary N) is 1. The maximum absolute atomic E-state index is 11.5. The average molecular weight is 258 g/mol. The van der Waals surface area contributed by atoms with Crippen LogP contribution in [0.3, 0.4) is 0 Å². The van der Waals surface area contributed by atoms with Crippen LogP contribution in [0.4, 0.5) is 4.79 Å². The molecule has 1 aromatic carbocycles. The Hall–Kier alpha value is -2.01. The standard InChI is InChI=1S/C13H10N2O2S/c1-15-9(6-8-4-2-3-5-10(8)15)7-11-12(16)14-13(17)18-11/h2-7H,1H3,(H,14,16,17)/b11-7-. The molecule has 0 saturated carbocycles. The second-order valence-corrected chi connectivity index (χ2v) is 5.05. The van der Waals surface area contributed by atoms with Crippen LogP contribution in [0, 0.1) is 0 Å². The van der Waals surface area contributed by atoms with Gasteiger partial charge in [0.25, 0.3) is 11.1 Å². The second kappa shape index (κ2) is 4.03. The van der Waals surface area contributed by atoms with Crippen LogP contribution in [-0.2, 0) is 11.8 Å². The number of nitrogens with zero attached hydrogens (tertiary/aromatic N) is 1. The summed E-state index contributed by atoms with van der Waals surface area (Å²) in [5.41, 5.74) is 2.00. The van der Waals surface area contributed by atoms with Gasteiger partial charge in [0, 0.05) is 23.6 Å². The molecule has 18 heavy (non-hydrogen) atoms. The second-order valence-electron chi connectivity index (χ2n) is 4.04. The number of benzene rings is 1. The Kier molecular flexibility index (Phi) is 2.48. The number of hydrogen-bond acceptors (Lipinski definition) is 3. The molecule has 0 atom stereocenters. The zero-order chi connectivity index (χ0) is 12.7. The van der Waals surface area contributed by atoms with Gasteiger partial charge < -0.3 is 4.57 Å². The summed E-state index contributed by atoms with van der Waals surface area (Å²) in [6.45, 7) is 0. The van der Waals surface area contributed by atoms with Crippen LogP contribution in [0.1, 0.15) is 5.69 Å². The van der Waals surface area contributed by atoms with Crippen molar-refractivity contribution in [3.63, 3.8) is 0 Å². The van der Waals surface area contributed by atoms with Gasteiger partial charge in [-0.15, -0.1) is 0 Å². The van der Waals surface area contributed by atoms with Crippen molar-refractivity contribution in [2.75, 3.05) is 0 Å². The molecule has 1 aromatic heterocycles. The third-order valence-corrected chi connectivity index (χ3v) is 3.72. The third-order valence-electron chi connectivity index (χ3n) is 2.91. The van der Waals surface area contributed by atoms with Crippen LogP contribution in [0.25, 0.3) is 17.0 Å². The zero-order valence-corrected chi connectivity index (χ0v) is 10.5.